The van der Waals surface area contributed by atoms with Crippen molar-refractivity contribution in [1.29, 1.82) is 0 Å². The highest BCUT2D eigenvalue weighted by atomic mass is 16.7. The Hall–Kier alpha value is -2.30. The molecule has 0 aliphatic carbocycles. The normalized spacial score (nSPS) is 13.2. The minimum Gasteiger partial charge on any atom is -0.503 e. The molecule has 0 saturated carbocycles. The molecule has 0 fully saturated rings. The molecule has 16 heavy (non-hydrogen) atoms. The van der Waals surface area contributed by atoms with Gasteiger partial charge in [-0.2, -0.15) is 0 Å². The Labute approximate surface area is 89.2 Å². The summed E-state index contributed by atoms with van der Waals surface area (Å²) in [6.45, 7) is 0.136. The second-order valence-electron chi connectivity index (χ2n) is 3.45. The molecule has 1 heterocycles. The molecule has 0 bridgehead atoms. The molecule has 0 atom stereocenters. The molecule has 1 N–H and O–H groups in total. The number of rotatable bonds is 1. The average molecular weight is 218 g/mol. The molecular formula is C11H6O5. The monoisotopic (exact) mass is 218 g/mol. The zero-order valence-corrected chi connectivity index (χ0v) is 8.02. The smallest absolute Gasteiger partial charge is 0.268 e. The first-order valence-electron chi connectivity index (χ1n) is 4.61. The molecule has 0 aromatic heterocycles. The van der Waals surface area contributed by atoms with Crippen molar-refractivity contribution in [2.45, 2.75) is 0 Å². The first kappa shape index (κ1) is 8.96. The van der Waals surface area contributed by atoms with E-state index in [0.717, 1.165) is 0 Å². The van der Waals surface area contributed by atoms with Crippen molar-refractivity contribution in [3.63, 3.8) is 0 Å². The third-order valence-electron chi connectivity index (χ3n) is 2.55. The summed E-state index contributed by atoms with van der Waals surface area (Å²) in [5.41, 5.74) is -1.00. The SMILES string of the molecule is O=c1c(O)c(-c2ccc3c(c2)OCO3)c1=O. The van der Waals surface area contributed by atoms with Gasteiger partial charge in [-0.25, -0.2) is 0 Å². The number of ether oxygens (including phenoxy) is 2. The quantitative estimate of drug-likeness (QED) is 0.700. The highest BCUT2D eigenvalue weighted by Gasteiger charge is 2.23. The topological polar surface area (TPSA) is 72.8 Å². The van der Waals surface area contributed by atoms with Gasteiger partial charge in [0.1, 0.15) is 0 Å². The maximum Gasteiger partial charge on any atom is 0.268 e. The summed E-state index contributed by atoms with van der Waals surface area (Å²) in [5, 5.41) is 9.29. The van der Waals surface area contributed by atoms with E-state index in [0.29, 0.717) is 17.1 Å². The summed E-state index contributed by atoms with van der Waals surface area (Å²) in [5.74, 6) is 0.607. The molecule has 0 saturated heterocycles. The van der Waals surface area contributed by atoms with Crippen molar-refractivity contribution in [2.24, 2.45) is 0 Å². The van der Waals surface area contributed by atoms with E-state index in [-0.39, 0.29) is 12.4 Å². The fraction of sp³-hybridized carbons (Fsp3) is 0.0909. The van der Waals surface area contributed by atoms with Gasteiger partial charge in [0.2, 0.25) is 12.2 Å². The van der Waals surface area contributed by atoms with Crippen LogP contribution in [0.5, 0.6) is 17.2 Å². The van der Waals surface area contributed by atoms with Gasteiger partial charge in [-0.05, 0) is 17.7 Å². The average Bonchev–Trinajstić information content (AvgIpc) is 2.76. The van der Waals surface area contributed by atoms with Crippen LogP contribution in [0.3, 0.4) is 0 Å². The van der Waals surface area contributed by atoms with Crippen LogP contribution in [-0.2, 0) is 0 Å². The van der Waals surface area contributed by atoms with E-state index < -0.39 is 16.6 Å². The van der Waals surface area contributed by atoms with Crippen LogP contribution >= 0.6 is 0 Å². The number of fused-ring (bicyclic) bond motifs is 1. The van der Waals surface area contributed by atoms with Gasteiger partial charge in [0.15, 0.2) is 17.2 Å². The lowest BCUT2D eigenvalue weighted by molar-refractivity contribution is 0.174. The second-order valence-corrected chi connectivity index (χ2v) is 3.45. The summed E-state index contributed by atoms with van der Waals surface area (Å²) in [4.78, 5) is 22.1. The van der Waals surface area contributed by atoms with E-state index in [2.05, 4.69) is 0 Å². The molecule has 1 aliphatic heterocycles. The Morgan fingerprint density at radius 1 is 1.06 bits per heavy atom. The molecule has 5 nitrogen and oxygen atoms in total. The summed E-state index contributed by atoms with van der Waals surface area (Å²) < 4.78 is 10.2. The van der Waals surface area contributed by atoms with Crippen LogP contribution in [0.1, 0.15) is 0 Å². The van der Waals surface area contributed by atoms with Gasteiger partial charge in [-0.15, -0.1) is 0 Å². The van der Waals surface area contributed by atoms with Crippen LogP contribution in [0, 0.1) is 0 Å². The van der Waals surface area contributed by atoms with E-state index in [1.54, 1.807) is 18.2 Å². The maximum atomic E-state index is 11.2. The first-order valence-corrected chi connectivity index (χ1v) is 4.61. The molecule has 2 aromatic carbocycles. The minimum absolute atomic E-state index is 0.0447. The fourth-order valence-electron chi connectivity index (χ4n) is 1.70. The molecule has 0 radical (unpaired) electrons. The molecule has 3 rings (SSSR count). The molecule has 0 amide bonds. The number of hydrogen-bond acceptors (Lipinski definition) is 5. The van der Waals surface area contributed by atoms with Gasteiger partial charge in [-0.1, -0.05) is 6.07 Å². The van der Waals surface area contributed by atoms with Crippen LogP contribution in [-0.4, -0.2) is 11.9 Å². The largest absolute Gasteiger partial charge is 0.503 e. The second kappa shape index (κ2) is 2.85. The maximum absolute atomic E-state index is 11.2. The number of hydrogen-bond donors (Lipinski definition) is 1. The summed E-state index contributed by atoms with van der Waals surface area (Å²) in [6, 6.07) is 4.80. The van der Waals surface area contributed by atoms with Gasteiger partial charge in [0.25, 0.3) is 5.43 Å². The first-order chi connectivity index (χ1) is 7.68. The van der Waals surface area contributed by atoms with Crippen molar-refractivity contribution in [1.82, 2.24) is 0 Å². The minimum atomic E-state index is -0.840. The Bertz CT molecular complexity index is 649. The molecule has 5 heteroatoms. The Morgan fingerprint density at radius 2 is 1.81 bits per heavy atom. The summed E-state index contributed by atoms with van der Waals surface area (Å²) >= 11 is 0. The zero-order chi connectivity index (χ0) is 11.3. The van der Waals surface area contributed by atoms with Crippen molar-refractivity contribution in [2.75, 3.05) is 6.79 Å². The third-order valence-corrected chi connectivity index (χ3v) is 2.55. The molecule has 1 aliphatic rings. The van der Waals surface area contributed by atoms with E-state index in [1.807, 2.05) is 0 Å². The lowest BCUT2D eigenvalue weighted by atomic mass is 10.00. The van der Waals surface area contributed by atoms with Crippen LogP contribution in [0.4, 0.5) is 0 Å². The lowest BCUT2D eigenvalue weighted by Crippen LogP contribution is -2.31. The Balaban J connectivity index is 2.16. The van der Waals surface area contributed by atoms with E-state index in [4.69, 9.17) is 9.47 Å². The van der Waals surface area contributed by atoms with E-state index >= 15 is 0 Å². The van der Waals surface area contributed by atoms with Gasteiger partial charge in [-0.3, -0.25) is 9.59 Å². The summed E-state index contributed by atoms with van der Waals surface area (Å²) in [6.07, 6.45) is 0. The van der Waals surface area contributed by atoms with E-state index in [1.165, 1.54) is 0 Å². The molecule has 80 valence electrons. The van der Waals surface area contributed by atoms with Gasteiger partial charge in [0, 0.05) is 0 Å². The molecule has 2 aromatic rings. The van der Waals surface area contributed by atoms with Crippen LogP contribution < -0.4 is 20.3 Å². The number of aromatic hydroxyl groups is 1. The van der Waals surface area contributed by atoms with Gasteiger partial charge in [0.05, 0.1) is 5.56 Å². The van der Waals surface area contributed by atoms with Crippen LogP contribution in [0.2, 0.25) is 0 Å². The highest BCUT2D eigenvalue weighted by Crippen LogP contribution is 2.36. The van der Waals surface area contributed by atoms with Gasteiger partial charge < -0.3 is 14.6 Å². The van der Waals surface area contributed by atoms with Crippen LogP contribution in [0.25, 0.3) is 11.1 Å². The van der Waals surface area contributed by atoms with Crippen molar-refractivity contribution in [3.8, 4) is 28.4 Å². The van der Waals surface area contributed by atoms with Gasteiger partial charge >= 0.3 is 0 Å². The van der Waals surface area contributed by atoms with Crippen LogP contribution in [0.15, 0.2) is 27.8 Å². The molecule has 0 spiro atoms. The Kier molecular flexibility index (Phi) is 1.60. The molecule has 0 unspecified atom stereocenters. The third kappa shape index (κ3) is 0.995. The highest BCUT2D eigenvalue weighted by molar-refractivity contribution is 5.75. The van der Waals surface area contributed by atoms with E-state index in [9.17, 15) is 14.7 Å². The van der Waals surface area contributed by atoms with Crippen molar-refractivity contribution in [3.05, 3.63) is 38.6 Å². The predicted octanol–water partition coefficient (Wildman–Crippen LogP) is 0.384. The molecular weight excluding hydrogens is 212 g/mol. The Morgan fingerprint density at radius 3 is 2.56 bits per heavy atom. The zero-order valence-electron chi connectivity index (χ0n) is 8.02. The summed E-state index contributed by atoms with van der Waals surface area (Å²) in [7, 11) is 0. The number of benzene rings is 1. The van der Waals surface area contributed by atoms with Crippen molar-refractivity contribution >= 4 is 0 Å². The fourth-order valence-corrected chi connectivity index (χ4v) is 1.70. The predicted molar refractivity (Wildman–Crippen MR) is 54.6 cm³/mol. The van der Waals surface area contributed by atoms with Crippen molar-refractivity contribution < 1.29 is 14.6 Å². The lowest BCUT2D eigenvalue weighted by Gasteiger charge is -2.06. The standard InChI is InChI=1S/C11H6O5/c12-9-8(10(13)11(9)14)5-1-2-6-7(3-5)16-4-15-6/h1-3,12H,4H2.